The summed E-state index contributed by atoms with van der Waals surface area (Å²) in [5.41, 5.74) is 6.02. The fourth-order valence-corrected chi connectivity index (χ4v) is 2.74. The normalized spacial score (nSPS) is 13.0. The number of nitrogens with two attached hydrogens (primary N) is 1. The Morgan fingerprint density at radius 1 is 1.47 bits per heavy atom. The van der Waals surface area contributed by atoms with Crippen LogP contribution in [0.5, 0.6) is 0 Å². The lowest BCUT2D eigenvalue weighted by molar-refractivity contribution is 0.249. The van der Waals surface area contributed by atoms with Crippen LogP contribution in [0.2, 0.25) is 0 Å². The zero-order valence-electron chi connectivity index (χ0n) is 12.4. The van der Waals surface area contributed by atoms with Crippen LogP contribution in [0.25, 0.3) is 0 Å². The molecule has 1 aromatic heterocycles. The van der Waals surface area contributed by atoms with Gasteiger partial charge in [-0.25, -0.2) is 0 Å². The molecule has 0 bridgehead atoms. The second kappa shape index (κ2) is 7.50. The molecule has 19 heavy (non-hydrogen) atoms. The summed E-state index contributed by atoms with van der Waals surface area (Å²) in [4.78, 5) is 7.97. The lowest BCUT2D eigenvalue weighted by Crippen LogP contribution is -2.36. The van der Waals surface area contributed by atoms with Crippen molar-refractivity contribution in [3.8, 4) is 0 Å². The molecule has 1 rings (SSSR count). The van der Waals surface area contributed by atoms with Crippen LogP contribution >= 0.6 is 11.3 Å². The van der Waals surface area contributed by atoms with E-state index in [-0.39, 0.29) is 5.41 Å². The summed E-state index contributed by atoms with van der Waals surface area (Å²) < 4.78 is 0. The predicted molar refractivity (Wildman–Crippen MR) is 84.9 cm³/mol. The highest BCUT2D eigenvalue weighted by Gasteiger charge is 2.18. The van der Waals surface area contributed by atoms with E-state index in [2.05, 4.69) is 60.7 Å². The third-order valence-corrected chi connectivity index (χ3v) is 3.62. The van der Waals surface area contributed by atoms with Gasteiger partial charge in [0, 0.05) is 24.5 Å². The van der Waals surface area contributed by atoms with E-state index in [1.54, 1.807) is 11.3 Å². The van der Waals surface area contributed by atoms with Crippen LogP contribution in [0.15, 0.2) is 22.5 Å². The first kappa shape index (κ1) is 16.0. The summed E-state index contributed by atoms with van der Waals surface area (Å²) in [7, 11) is 4.15. The average Bonchev–Trinajstić information content (AvgIpc) is 2.78. The second-order valence-corrected chi connectivity index (χ2v) is 6.89. The Bertz CT molecular complexity index is 382. The Morgan fingerprint density at radius 2 is 2.21 bits per heavy atom. The standard InChI is InChI=1S/C14H26N4S/c1-14(2,11-18(3)4)10-17-13(15)16-8-7-12-6-5-9-19-12/h5-6,9H,7-8,10-11H2,1-4H3,(H3,15,16,17). The van der Waals surface area contributed by atoms with Crippen molar-refractivity contribution in [2.24, 2.45) is 16.1 Å². The van der Waals surface area contributed by atoms with Gasteiger partial charge >= 0.3 is 0 Å². The monoisotopic (exact) mass is 282 g/mol. The number of aliphatic imine (C=N–C) groups is 1. The van der Waals surface area contributed by atoms with Crippen molar-refractivity contribution in [1.29, 1.82) is 0 Å². The molecule has 1 heterocycles. The van der Waals surface area contributed by atoms with Crippen molar-refractivity contribution >= 4 is 17.3 Å². The van der Waals surface area contributed by atoms with E-state index in [1.807, 2.05) is 0 Å². The topological polar surface area (TPSA) is 53.6 Å². The summed E-state index contributed by atoms with van der Waals surface area (Å²) in [5, 5.41) is 5.26. The summed E-state index contributed by atoms with van der Waals surface area (Å²) in [6, 6.07) is 4.21. The van der Waals surface area contributed by atoms with Gasteiger partial charge in [-0.05, 0) is 37.4 Å². The molecule has 3 N–H and O–H groups in total. The van der Waals surface area contributed by atoms with E-state index in [0.29, 0.717) is 5.96 Å². The van der Waals surface area contributed by atoms with Gasteiger partial charge in [-0.3, -0.25) is 4.99 Å². The highest BCUT2D eigenvalue weighted by atomic mass is 32.1. The Balaban J connectivity index is 2.28. The average molecular weight is 282 g/mol. The Kier molecular flexibility index (Phi) is 6.31. The van der Waals surface area contributed by atoms with Crippen LogP contribution in [-0.2, 0) is 6.42 Å². The summed E-state index contributed by atoms with van der Waals surface area (Å²) in [6.45, 7) is 6.98. The number of rotatable bonds is 7. The molecule has 0 saturated carbocycles. The number of nitrogens with zero attached hydrogens (tertiary/aromatic N) is 2. The van der Waals surface area contributed by atoms with E-state index < -0.39 is 0 Å². The maximum atomic E-state index is 5.88. The molecule has 0 saturated heterocycles. The molecule has 1 aromatic rings. The molecule has 0 unspecified atom stereocenters. The van der Waals surface area contributed by atoms with Crippen LogP contribution in [0.1, 0.15) is 18.7 Å². The summed E-state index contributed by atoms with van der Waals surface area (Å²) in [5.74, 6) is 0.545. The van der Waals surface area contributed by atoms with Crippen molar-refractivity contribution in [3.05, 3.63) is 22.4 Å². The zero-order valence-corrected chi connectivity index (χ0v) is 13.3. The molecule has 0 radical (unpaired) electrons. The fraction of sp³-hybridized carbons (Fsp3) is 0.643. The van der Waals surface area contributed by atoms with Gasteiger partial charge in [0.1, 0.15) is 0 Å². The predicted octanol–water partition coefficient (Wildman–Crippen LogP) is 1.78. The maximum Gasteiger partial charge on any atom is 0.188 e. The number of hydrogen-bond acceptors (Lipinski definition) is 3. The van der Waals surface area contributed by atoms with Crippen molar-refractivity contribution in [2.45, 2.75) is 20.3 Å². The highest BCUT2D eigenvalue weighted by molar-refractivity contribution is 7.09. The first-order chi connectivity index (χ1) is 8.89. The van der Waals surface area contributed by atoms with Gasteiger partial charge < -0.3 is 16.0 Å². The number of guanidine groups is 1. The third kappa shape index (κ3) is 7.18. The molecule has 0 fully saturated rings. The van der Waals surface area contributed by atoms with Crippen LogP contribution in [-0.4, -0.2) is 44.6 Å². The highest BCUT2D eigenvalue weighted by Crippen LogP contribution is 2.15. The third-order valence-electron chi connectivity index (χ3n) is 2.68. The molecule has 0 aliphatic rings. The molecule has 108 valence electrons. The number of hydrogen-bond donors (Lipinski definition) is 2. The van der Waals surface area contributed by atoms with E-state index in [1.165, 1.54) is 4.88 Å². The minimum Gasteiger partial charge on any atom is -0.370 e. The van der Waals surface area contributed by atoms with Crippen molar-refractivity contribution in [2.75, 3.05) is 33.7 Å². The Labute approximate surface area is 120 Å². The Hall–Kier alpha value is -1.07. The molecule has 0 spiro atoms. The van der Waals surface area contributed by atoms with Gasteiger partial charge in [0.2, 0.25) is 0 Å². The fourth-order valence-electron chi connectivity index (χ4n) is 2.03. The molecule has 5 heteroatoms. The van der Waals surface area contributed by atoms with E-state index >= 15 is 0 Å². The molecule has 0 atom stereocenters. The van der Waals surface area contributed by atoms with Crippen molar-refractivity contribution < 1.29 is 0 Å². The van der Waals surface area contributed by atoms with Gasteiger partial charge in [-0.15, -0.1) is 11.3 Å². The van der Waals surface area contributed by atoms with Gasteiger partial charge in [-0.2, -0.15) is 0 Å². The minimum absolute atomic E-state index is 0.142. The minimum atomic E-state index is 0.142. The lowest BCUT2D eigenvalue weighted by atomic mass is 9.93. The van der Waals surface area contributed by atoms with Gasteiger partial charge in [0.15, 0.2) is 5.96 Å². The summed E-state index contributed by atoms with van der Waals surface area (Å²) >= 11 is 1.77. The maximum absolute atomic E-state index is 5.88. The smallest absolute Gasteiger partial charge is 0.188 e. The molecule has 0 aromatic carbocycles. The van der Waals surface area contributed by atoms with Crippen LogP contribution in [0.4, 0.5) is 0 Å². The zero-order chi connectivity index (χ0) is 14.3. The second-order valence-electron chi connectivity index (χ2n) is 5.86. The molecule has 0 aliphatic heterocycles. The molecule has 0 aliphatic carbocycles. The lowest BCUT2D eigenvalue weighted by Gasteiger charge is -2.26. The SMILES string of the molecule is CN(C)CC(C)(C)CN=C(N)NCCc1cccs1. The largest absolute Gasteiger partial charge is 0.370 e. The van der Waals surface area contributed by atoms with E-state index in [9.17, 15) is 0 Å². The van der Waals surface area contributed by atoms with Crippen LogP contribution < -0.4 is 11.1 Å². The van der Waals surface area contributed by atoms with Crippen molar-refractivity contribution in [3.63, 3.8) is 0 Å². The van der Waals surface area contributed by atoms with Crippen molar-refractivity contribution in [1.82, 2.24) is 10.2 Å². The van der Waals surface area contributed by atoms with E-state index in [4.69, 9.17) is 5.73 Å². The van der Waals surface area contributed by atoms with Crippen LogP contribution in [0, 0.1) is 5.41 Å². The summed E-state index contributed by atoms with van der Waals surface area (Å²) in [6.07, 6.45) is 0.995. The first-order valence-corrected chi connectivity index (χ1v) is 7.48. The quantitative estimate of drug-likeness (QED) is 0.592. The first-order valence-electron chi connectivity index (χ1n) is 6.60. The molecule has 0 amide bonds. The number of nitrogens with one attached hydrogen (secondary N) is 1. The van der Waals surface area contributed by atoms with E-state index in [0.717, 1.165) is 26.1 Å². The molecule has 4 nitrogen and oxygen atoms in total. The van der Waals surface area contributed by atoms with Gasteiger partial charge in [-0.1, -0.05) is 19.9 Å². The van der Waals surface area contributed by atoms with Gasteiger partial charge in [0.25, 0.3) is 0 Å². The van der Waals surface area contributed by atoms with Crippen LogP contribution in [0.3, 0.4) is 0 Å². The molecular weight excluding hydrogens is 256 g/mol. The Morgan fingerprint density at radius 3 is 2.79 bits per heavy atom. The number of thiophene rings is 1. The molecular formula is C14H26N4S. The van der Waals surface area contributed by atoms with Gasteiger partial charge in [0.05, 0.1) is 0 Å².